The molecule has 0 atom stereocenters. The van der Waals surface area contributed by atoms with E-state index >= 15 is 0 Å². The summed E-state index contributed by atoms with van der Waals surface area (Å²) < 4.78 is 27.4. The predicted octanol–water partition coefficient (Wildman–Crippen LogP) is 3.34. The molecule has 5 nitrogen and oxygen atoms in total. The fraction of sp³-hybridized carbons (Fsp3) is 0.250. The smallest absolute Gasteiger partial charge is 0.261 e. The Morgan fingerprint density at radius 3 is 2.22 bits per heavy atom. The first-order chi connectivity index (χ1) is 10.5. The van der Waals surface area contributed by atoms with E-state index in [9.17, 15) is 8.42 Å². The Morgan fingerprint density at radius 1 is 1.04 bits per heavy atom. The predicted molar refractivity (Wildman–Crippen MR) is 98.9 cm³/mol. The van der Waals surface area contributed by atoms with Gasteiger partial charge >= 0.3 is 0 Å². The van der Waals surface area contributed by atoms with E-state index in [-0.39, 0.29) is 17.3 Å². The van der Waals surface area contributed by atoms with Crippen molar-refractivity contribution < 1.29 is 8.42 Å². The number of sulfonamides is 1. The van der Waals surface area contributed by atoms with Gasteiger partial charge in [-0.25, -0.2) is 8.42 Å². The number of halogens is 1. The molecule has 126 valence electrons. The molecule has 0 radical (unpaired) electrons. The van der Waals surface area contributed by atoms with E-state index in [2.05, 4.69) is 9.62 Å². The van der Waals surface area contributed by atoms with Crippen LogP contribution in [0.2, 0.25) is 0 Å². The van der Waals surface area contributed by atoms with Crippen LogP contribution in [0.3, 0.4) is 0 Å². The quantitative estimate of drug-likeness (QED) is 0.779. The van der Waals surface area contributed by atoms with Crippen molar-refractivity contribution in [1.82, 2.24) is 0 Å². The van der Waals surface area contributed by atoms with Gasteiger partial charge in [0.05, 0.1) is 16.3 Å². The highest BCUT2D eigenvalue weighted by Crippen LogP contribution is 2.27. The van der Waals surface area contributed by atoms with Crippen molar-refractivity contribution in [3.05, 3.63) is 48.5 Å². The molecule has 7 heteroatoms. The Bertz CT molecular complexity index is 732. The number of hydrogen-bond donors (Lipinski definition) is 2. The number of anilines is 3. The molecule has 2 aromatic carbocycles. The van der Waals surface area contributed by atoms with E-state index in [1.165, 1.54) is 0 Å². The fourth-order valence-electron chi connectivity index (χ4n) is 2.22. The van der Waals surface area contributed by atoms with Crippen LogP contribution in [0, 0.1) is 0 Å². The number of hydrogen-bond acceptors (Lipinski definition) is 4. The average molecular weight is 356 g/mol. The van der Waals surface area contributed by atoms with Crippen molar-refractivity contribution in [3.63, 3.8) is 0 Å². The lowest BCUT2D eigenvalue weighted by Crippen LogP contribution is -2.22. The zero-order valence-electron chi connectivity index (χ0n) is 13.2. The second-order valence-corrected chi connectivity index (χ2v) is 6.54. The Labute approximate surface area is 144 Å². The van der Waals surface area contributed by atoms with Gasteiger partial charge in [-0.15, -0.1) is 12.4 Å². The summed E-state index contributed by atoms with van der Waals surface area (Å²) in [6, 6.07) is 13.6. The van der Waals surface area contributed by atoms with Gasteiger partial charge in [0.25, 0.3) is 10.0 Å². The first-order valence-electron chi connectivity index (χ1n) is 7.20. The van der Waals surface area contributed by atoms with Crippen molar-refractivity contribution in [2.24, 2.45) is 0 Å². The third-order valence-electron chi connectivity index (χ3n) is 3.46. The molecule has 23 heavy (non-hydrogen) atoms. The lowest BCUT2D eigenvalue weighted by Gasteiger charge is -2.22. The molecular weight excluding hydrogens is 334 g/mol. The van der Waals surface area contributed by atoms with Gasteiger partial charge in [-0.1, -0.05) is 18.2 Å². The van der Waals surface area contributed by atoms with Crippen molar-refractivity contribution in [2.45, 2.75) is 18.7 Å². The molecular formula is C16H22ClN3O2S. The molecule has 0 saturated heterocycles. The monoisotopic (exact) mass is 355 g/mol. The number of nitrogen functional groups attached to an aromatic ring is 1. The van der Waals surface area contributed by atoms with Crippen LogP contribution in [0.5, 0.6) is 0 Å². The molecule has 2 aromatic rings. The molecule has 0 spiro atoms. The first-order valence-corrected chi connectivity index (χ1v) is 8.68. The summed E-state index contributed by atoms with van der Waals surface area (Å²) in [6.07, 6.45) is 0. The molecule has 0 aromatic heterocycles. The first kappa shape index (κ1) is 19.1. The highest BCUT2D eigenvalue weighted by atomic mass is 35.5. The lowest BCUT2D eigenvalue weighted by atomic mass is 10.2. The molecule has 0 aliphatic carbocycles. The van der Waals surface area contributed by atoms with E-state index in [1.807, 2.05) is 19.9 Å². The standard InChI is InChI=1S/C16H21N3O2S.ClH/c1-3-19(4-2)13-10-11-15(17)16(12-13)18-22(20,21)14-8-6-5-7-9-14;/h5-12,18H,3-4,17H2,1-2H3;1H. The summed E-state index contributed by atoms with van der Waals surface area (Å²) in [5.41, 5.74) is 7.64. The molecule has 0 amide bonds. The molecule has 0 unspecified atom stereocenters. The van der Waals surface area contributed by atoms with Gasteiger partial charge in [-0.05, 0) is 44.2 Å². The van der Waals surface area contributed by atoms with Crippen LogP contribution >= 0.6 is 12.4 Å². The van der Waals surface area contributed by atoms with Gasteiger partial charge in [0.1, 0.15) is 0 Å². The van der Waals surface area contributed by atoms with Gasteiger partial charge in [0, 0.05) is 18.8 Å². The van der Waals surface area contributed by atoms with E-state index in [0.29, 0.717) is 11.4 Å². The zero-order valence-corrected chi connectivity index (χ0v) is 14.8. The number of benzene rings is 2. The maximum Gasteiger partial charge on any atom is 0.261 e. The van der Waals surface area contributed by atoms with Crippen LogP contribution in [0.4, 0.5) is 17.1 Å². The largest absolute Gasteiger partial charge is 0.397 e. The van der Waals surface area contributed by atoms with Crippen LogP contribution in [0.15, 0.2) is 53.4 Å². The van der Waals surface area contributed by atoms with Gasteiger partial charge in [0.15, 0.2) is 0 Å². The Morgan fingerprint density at radius 2 is 1.65 bits per heavy atom. The molecule has 0 aliphatic rings. The third kappa shape index (κ3) is 4.53. The van der Waals surface area contributed by atoms with Crippen LogP contribution in [0.1, 0.15) is 13.8 Å². The summed E-state index contributed by atoms with van der Waals surface area (Å²) >= 11 is 0. The van der Waals surface area contributed by atoms with Gasteiger partial charge in [-0.2, -0.15) is 0 Å². The van der Waals surface area contributed by atoms with Gasteiger partial charge < -0.3 is 10.6 Å². The molecule has 0 bridgehead atoms. The summed E-state index contributed by atoms with van der Waals surface area (Å²) in [4.78, 5) is 2.34. The number of nitrogens with one attached hydrogen (secondary N) is 1. The lowest BCUT2D eigenvalue weighted by molar-refractivity contribution is 0.601. The van der Waals surface area contributed by atoms with E-state index in [4.69, 9.17) is 5.73 Å². The summed E-state index contributed by atoms with van der Waals surface area (Å²) in [5, 5.41) is 0. The molecule has 2 rings (SSSR count). The minimum atomic E-state index is -3.64. The number of nitrogens with zero attached hydrogens (tertiary/aromatic N) is 1. The topological polar surface area (TPSA) is 75.4 Å². The van der Waals surface area contributed by atoms with E-state index < -0.39 is 10.0 Å². The van der Waals surface area contributed by atoms with Crippen LogP contribution in [-0.4, -0.2) is 21.5 Å². The fourth-order valence-corrected chi connectivity index (χ4v) is 3.32. The minimum Gasteiger partial charge on any atom is -0.397 e. The van der Waals surface area contributed by atoms with Crippen LogP contribution in [0.25, 0.3) is 0 Å². The minimum absolute atomic E-state index is 0. The summed E-state index contributed by atoms with van der Waals surface area (Å²) in [5.74, 6) is 0. The van der Waals surface area contributed by atoms with E-state index in [0.717, 1.165) is 18.8 Å². The number of nitrogens with two attached hydrogens (primary N) is 1. The van der Waals surface area contributed by atoms with Crippen LogP contribution < -0.4 is 15.4 Å². The summed E-state index contributed by atoms with van der Waals surface area (Å²) in [6.45, 7) is 5.78. The average Bonchev–Trinajstić information content (AvgIpc) is 2.52. The number of rotatable bonds is 6. The van der Waals surface area contributed by atoms with Gasteiger partial charge in [0.2, 0.25) is 0 Å². The highest BCUT2D eigenvalue weighted by Gasteiger charge is 2.16. The Hall–Kier alpha value is -1.92. The summed E-state index contributed by atoms with van der Waals surface area (Å²) in [7, 11) is -3.64. The second-order valence-electron chi connectivity index (χ2n) is 4.86. The molecule has 0 saturated carbocycles. The van der Waals surface area contributed by atoms with Crippen molar-refractivity contribution >= 4 is 39.5 Å². The molecule has 0 aliphatic heterocycles. The normalized spacial score (nSPS) is 10.7. The Balaban J connectivity index is 0.00000264. The SMILES string of the molecule is CCN(CC)c1ccc(N)c(NS(=O)(=O)c2ccccc2)c1.Cl. The third-order valence-corrected chi connectivity index (χ3v) is 4.84. The van der Waals surface area contributed by atoms with Crippen molar-refractivity contribution in [1.29, 1.82) is 0 Å². The molecule has 0 heterocycles. The maximum atomic E-state index is 12.4. The van der Waals surface area contributed by atoms with Gasteiger partial charge in [-0.3, -0.25) is 4.72 Å². The van der Waals surface area contributed by atoms with Crippen molar-refractivity contribution in [2.75, 3.05) is 28.4 Å². The van der Waals surface area contributed by atoms with Crippen molar-refractivity contribution in [3.8, 4) is 0 Å². The maximum absolute atomic E-state index is 12.4. The van der Waals surface area contributed by atoms with Crippen LogP contribution in [-0.2, 0) is 10.0 Å². The second kappa shape index (κ2) is 8.08. The molecule has 3 N–H and O–H groups in total. The Kier molecular flexibility index (Phi) is 6.72. The molecule has 0 fully saturated rings. The van der Waals surface area contributed by atoms with E-state index in [1.54, 1.807) is 42.5 Å². The highest BCUT2D eigenvalue weighted by molar-refractivity contribution is 7.92. The zero-order chi connectivity index (χ0) is 16.2.